The van der Waals surface area contributed by atoms with Crippen LogP contribution in [-0.4, -0.2) is 59.6 Å². The Hall–Kier alpha value is -1.84. The Labute approximate surface area is 178 Å². The maximum absolute atomic E-state index is 5.40. The zero-order valence-electron chi connectivity index (χ0n) is 16.0. The van der Waals surface area contributed by atoms with E-state index in [2.05, 4.69) is 38.9 Å². The van der Waals surface area contributed by atoms with Gasteiger partial charge in [-0.15, -0.1) is 24.0 Å². The highest BCUT2D eigenvalue weighted by Gasteiger charge is 2.22. The minimum absolute atomic E-state index is 0. The zero-order chi connectivity index (χ0) is 18.2. The zero-order valence-corrected chi connectivity index (χ0v) is 18.4. The molecule has 1 aliphatic heterocycles. The topological polar surface area (TPSA) is 69.8 Å². The monoisotopic (exact) mass is 484 g/mol. The molecule has 3 heterocycles. The van der Waals surface area contributed by atoms with Gasteiger partial charge in [-0.3, -0.25) is 4.99 Å². The molecular weight excluding hydrogens is 455 g/mol. The van der Waals surface area contributed by atoms with Gasteiger partial charge in [-0.1, -0.05) is 6.92 Å². The van der Waals surface area contributed by atoms with E-state index in [0.29, 0.717) is 12.6 Å². The molecule has 7 nitrogen and oxygen atoms in total. The van der Waals surface area contributed by atoms with Gasteiger partial charge in [-0.05, 0) is 31.5 Å². The number of nitrogens with one attached hydrogen (secondary N) is 1. The molecule has 2 aromatic rings. The Morgan fingerprint density at radius 1 is 1.22 bits per heavy atom. The highest BCUT2D eigenvalue weighted by Crippen LogP contribution is 2.10. The Balaban J connectivity index is 0.00000261. The molecular formula is C19H29IN6O. The molecule has 1 N–H and O–H groups in total. The van der Waals surface area contributed by atoms with Crippen LogP contribution in [0.2, 0.25) is 0 Å². The maximum Gasteiger partial charge on any atom is 0.225 e. The van der Waals surface area contributed by atoms with E-state index in [9.17, 15) is 0 Å². The van der Waals surface area contributed by atoms with Gasteiger partial charge in [-0.25, -0.2) is 9.97 Å². The van der Waals surface area contributed by atoms with Gasteiger partial charge in [0.2, 0.25) is 5.95 Å². The summed E-state index contributed by atoms with van der Waals surface area (Å²) in [4.78, 5) is 18.1. The molecule has 2 aromatic heterocycles. The number of furan rings is 1. The van der Waals surface area contributed by atoms with Crippen molar-refractivity contribution in [2.45, 2.75) is 32.7 Å². The van der Waals surface area contributed by atoms with Gasteiger partial charge in [0.1, 0.15) is 5.76 Å². The summed E-state index contributed by atoms with van der Waals surface area (Å²) in [6, 6.07) is 6.16. The second-order valence-corrected chi connectivity index (χ2v) is 6.51. The molecule has 0 spiro atoms. The smallest absolute Gasteiger partial charge is 0.225 e. The molecule has 3 rings (SSSR count). The highest BCUT2D eigenvalue weighted by molar-refractivity contribution is 14.0. The lowest BCUT2D eigenvalue weighted by atomic mass is 10.2. The second kappa shape index (κ2) is 11.1. The molecule has 0 radical (unpaired) electrons. The molecule has 1 fully saturated rings. The lowest BCUT2D eigenvalue weighted by Gasteiger charge is -2.37. The van der Waals surface area contributed by atoms with Crippen molar-refractivity contribution in [3.05, 3.63) is 42.6 Å². The Morgan fingerprint density at radius 3 is 2.59 bits per heavy atom. The first-order valence-corrected chi connectivity index (χ1v) is 9.36. The van der Waals surface area contributed by atoms with Gasteiger partial charge >= 0.3 is 0 Å². The molecule has 8 heteroatoms. The molecule has 0 saturated carbocycles. The maximum atomic E-state index is 5.40. The number of halogens is 1. The lowest BCUT2D eigenvalue weighted by Crippen LogP contribution is -2.54. The predicted octanol–water partition coefficient (Wildman–Crippen LogP) is 2.80. The lowest BCUT2D eigenvalue weighted by molar-refractivity contribution is 0.363. The summed E-state index contributed by atoms with van der Waals surface area (Å²) in [5, 5.41) is 3.57. The third kappa shape index (κ3) is 6.37. The SMILES string of the molecule is CCC(C)NC(=NCCc1ccco1)N1CCN(c2ncccn2)CC1.I. The van der Waals surface area contributed by atoms with E-state index in [1.165, 1.54) is 0 Å². The molecule has 0 aliphatic carbocycles. The molecule has 1 saturated heterocycles. The number of guanidine groups is 1. The molecule has 1 unspecified atom stereocenters. The number of hydrogen-bond acceptors (Lipinski definition) is 5. The van der Waals surface area contributed by atoms with E-state index in [4.69, 9.17) is 9.41 Å². The average Bonchev–Trinajstić information content (AvgIpc) is 3.21. The highest BCUT2D eigenvalue weighted by atomic mass is 127. The quantitative estimate of drug-likeness (QED) is 0.387. The number of anilines is 1. The summed E-state index contributed by atoms with van der Waals surface area (Å²) >= 11 is 0. The average molecular weight is 484 g/mol. The number of aromatic nitrogens is 2. The van der Waals surface area contributed by atoms with E-state index >= 15 is 0 Å². The van der Waals surface area contributed by atoms with Crippen LogP contribution in [0.5, 0.6) is 0 Å². The van der Waals surface area contributed by atoms with Crippen LogP contribution in [0.3, 0.4) is 0 Å². The van der Waals surface area contributed by atoms with Crippen molar-refractivity contribution in [3.8, 4) is 0 Å². The fraction of sp³-hybridized carbons (Fsp3) is 0.526. The molecule has 1 aliphatic rings. The third-order valence-corrected chi connectivity index (χ3v) is 4.60. The van der Waals surface area contributed by atoms with Gasteiger partial charge in [0, 0.05) is 57.6 Å². The fourth-order valence-corrected chi connectivity index (χ4v) is 2.86. The van der Waals surface area contributed by atoms with Crippen LogP contribution in [0.15, 0.2) is 46.3 Å². The van der Waals surface area contributed by atoms with Crippen molar-refractivity contribution in [2.75, 3.05) is 37.6 Å². The van der Waals surface area contributed by atoms with Gasteiger partial charge in [-0.2, -0.15) is 0 Å². The number of rotatable bonds is 6. The minimum Gasteiger partial charge on any atom is -0.469 e. The van der Waals surface area contributed by atoms with Gasteiger partial charge in [0.25, 0.3) is 0 Å². The van der Waals surface area contributed by atoms with E-state index in [-0.39, 0.29) is 24.0 Å². The molecule has 0 amide bonds. The van der Waals surface area contributed by atoms with Crippen molar-refractivity contribution in [1.29, 1.82) is 0 Å². The number of nitrogens with zero attached hydrogens (tertiary/aromatic N) is 5. The second-order valence-electron chi connectivity index (χ2n) is 6.51. The molecule has 0 aromatic carbocycles. The van der Waals surface area contributed by atoms with Crippen molar-refractivity contribution in [1.82, 2.24) is 20.2 Å². The molecule has 27 heavy (non-hydrogen) atoms. The van der Waals surface area contributed by atoms with Crippen LogP contribution in [0.4, 0.5) is 5.95 Å². The van der Waals surface area contributed by atoms with E-state index in [1.807, 2.05) is 18.2 Å². The van der Waals surface area contributed by atoms with Crippen LogP contribution in [0.1, 0.15) is 26.0 Å². The van der Waals surface area contributed by atoms with Crippen molar-refractivity contribution >= 4 is 35.9 Å². The van der Waals surface area contributed by atoms with Crippen molar-refractivity contribution in [3.63, 3.8) is 0 Å². The van der Waals surface area contributed by atoms with E-state index < -0.39 is 0 Å². The van der Waals surface area contributed by atoms with E-state index in [1.54, 1.807) is 18.7 Å². The summed E-state index contributed by atoms with van der Waals surface area (Å²) in [6.45, 7) is 8.68. The normalized spacial score (nSPS) is 16.0. The minimum atomic E-state index is 0. The Bertz CT molecular complexity index is 671. The fourth-order valence-electron chi connectivity index (χ4n) is 2.86. The summed E-state index contributed by atoms with van der Waals surface area (Å²) in [6.07, 6.45) is 7.18. The van der Waals surface area contributed by atoms with Crippen LogP contribution in [-0.2, 0) is 6.42 Å². The van der Waals surface area contributed by atoms with Crippen LogP contribution < -0.4 is 10.2 Å². The first-order valence-electron chi connectivity index (χ1n) is 9.36. The molecule has 1 atom stereocenters. The van der Waals surface area contributed by atoms with Crippen LogP contribution in [0.25, 0.3) is 0 Å². The molecule has 148 valence electrons. The van der Waals surface area contributed by atoms with Gasteiger partial charge in [0.05, 0.1) is 6.26 Å². The first kappa shape index (κ1) is 21.5. The van der Waals surface area contributed by atoms with Crippen LogP contribution in [0, 0.1) is 0 Å². The number of aliphatic imine (C=N–C) groups is 1. The van der Waals surface area contributed by atoms with Crippen molar-refractivity contribution < 1.29 is 4.42 Å². The first-order chi connectivity index (χ1) is 12.8. The summed E-state index contributed by atoms with van der Waals surface area (Å²) in [7, 11) is 0. The number of piperazine rings is 1. The Morgan fingerprint density at radius 2 is 1.96 bits per heavy atom. The standard InChI is InChI=1S/C19H28N6O.HI/c1-3-16(2)23-19(22-10-7-17-6-4-15-26-17)25-13-11-24(12-14-25)18-20-8-5-9-21-18;/h4-6,8-9,15-16H,3,7,10-14H2,1-2H3,(H,22,23);1H. The summed E-state index contributed by atoms with van der Waals surface area (Å²) in [5.41, 5.74) is 0. The van der Waals surface area contributed by atoms with Gasteiger partial charge in [0.15, 0.2) is 5.96 Å². The largest absolute Gasteiger partial charge is 0.469 e. The summed E-state index contributed by atoms with van der Waals surface area (Å²) < 4.78 is 5.40. The molecule has 0 bridgehead atoms. The third-order valence-electron chi connectivity index (χ3n) is 4.60. The van der Waals surface area contributed by atoms with Gasteiger partial charge < -0.3 is 19.5 Å². The van der Waals surface area contributed by atoms with Crippen molar-refractivity contribution in [2.24, 2.45) is 4.99 Å². The summed E-state index contributed by atoms with van der Waals surface area (Å²) in [5.74, 6) is 2.76. The predicted molar refractivity (Wildman–Crippen MR) is 119 cm³/mol. The van der Waals surface area contributed by atoms with Crippen LogP contribution >= 0.6 is 24.0 Å². The van der Waals surface area contributed by atoms with E-state index in [0.717, 1.165) is 56.7 Å². The number of hydrogen-bond donors (Lipinski definition) is 1. The Kier molecular flexibility index (Phi) is 8.83.